The Hall–Kier alpha value is -2.37. The molecule has 5 nitrogen and oxygen atoms in total. The van der Waals surface area contributed by atoms with Crippen LogP contribution in [0.25, 0.3) is 0 Å². The van der Waals surface area contributed by atoms with E-state index in [2.05, 4.69) is 9.80 Å². The van der Waals surface area contributed by atoms with Crippen molar-refractivity contribution in [2.24, 2.45) is 0 Å². The van der Waals surface area contributed by atoms with Gasteiger partial charge in [-0.15, -0.1) is 0 Å². The highest BCUT2D eigenvalue weighted by molar-refractivity contribution is 6.09. The number of hydrogen-bond acceptors (Lipinski definition) is 5. The molecule has 0 aliphatic carbocycles. The van der Waals surface area contributed by atoms with Gasteiger partial charge in [0.1, 0.15) is 6.73 Å². The van der Waals surface area contributed by atoms with E-state index in [4.69, 9.17) is 9.47 Å². The summed E-state index contributed by atoms with van der Waals surface area (Å²) in [4.78, 5) is 17.1. The maximum Gasteiger partial charge on any atom is 0.193 e. The van der Waals surface area contributed by atoms with Crippen LogP contribution in [0.2, 0.25) is 0 Å². The van der Waals surface area contributed by atoms with Gasteiger partial charge in [0.2, 0.25) is 0 Å². The molecule has 0 spiro atoms. The lowest BCUT2D eigenvalue weighted by Crippen LogP contribution is -2.36. The molecule has 2 saturated heterocycles. The predicted octanol–water partition coefficient (Wildman–Crippen LogP) is 2.55. The normalized spacial score (nSPS) is 17.8. The summed E-state index contributed by atoms with van der Waals surface area (Å²) in [5, 5.41) is 0. The molecule has 25 heavy (non-hydrogen) atoms. The van der Waals surface area contributed by atoms with Gasteiger partial charge in [0.25, 0.3) is 0 Å². The van der Waals surface area contributed by atoms with Gasteiger partial charge >= 0.3 is 0 Å². The largest absolute Gasteiger partial charge is 0.378 e. The van der Waals surface area contributed by atoms with Crippen molar-refractivity contribution in [3.63, 3.8) is 0 Å². The molecule has 0 atom stereocenters. The summed E-state index contributed by atoms with van der Waals surface area (Å²) < 4.78 is 10.7. The third-order valence-corrected chi connectivity index (χ3v) is 4.75. The smallest absolute Gasteiger partial charge is 0.193 e. The number of rotatable bonds is 4. The van der Waals surface area contributed by atoms with Crippen LogP contribution in [0.1, 0.15) is 15.9 Å². The zero-order chi connectivity index (χ0) is 17.1. The Morgan fingerprint density at radius 2 is 1.16 bits per heavy atom. The predicted molar refractivity (Wildman–Crippen MR) is 97.5 cm³/mol. The van der Waals surface area contributed by atoms with Crippen LogP contribution in [0.3, 0.4) is 0 Å². The first-order valence-electron chi connectivity index (χ1n) is 8.71. The fourth-order valence-corrected chi connectivity index (χ4v) is 3.25. The number of anilines is 2. The summed E-state index contributed by atoms with van der Waals surface area (Å²) >= 11 is 0. The maximum atomic E-state index is 12.7. The Bertz CT molecular complexity index is 716. The van der Waals surface area contributed by atoms with Crippen molar-refractivity contribution in [1.82, 2.24) is 0 Å². The third kappa shape index (κ3) is 3.52. The molecule has 0 amide bonds. The molecule has 2 fully saturated rings. The van der Waals surface area contributed by atoms with Crippen LogP contribution < -0.4 is 9.80 Å². The van der Waals surface area contributed by atoms with Crippen LogP contribution in [-0.2, 0) is 9.47 Å². The number of ether oxygens (including phenoxy) is 2. The first-order valence-corrected chi connectivity index (χ1v) is 8.71. The number of ketones is 1. The van der Waals surface area contributed by atoms with E-state index >= 15 is 0 Å². The van der Waals surface area contributed by atoms with E-state index in [1.165, 1.54) is 0 Å². The molecule has 2 aromatic carbocycles. The van der Waals surface area contributed by atoms with Crippen molar-refractivity contribution < 1.29 is 14.3 Å². The minimum absolute atomic E-state index is 0.0535. The molecule has 0 N–H and O–H groups in total. The molecule has 130 valence electrons. The second-order valence-electron chi connectivity index (χ2n) is 6.32. The molecular formula is C20H22N2O3. The molecule has 0 unspecified atom stereocenters. The second-order valence-corrected chi connectivity index (χ2v) is 6.32. The van der Waals surface area contributed by atoms with Crippen LogP contribution in [0.4, 0.5) is 11.4 Å². The number of benzene rings is 2. The lowest BCUT2D eigenvalue weighted by atomic mass is 10.0. The molecule has 2 heterocycles. The van der Waals surface area contributed by atoms with Crippen LogP contribution in [-0.4, -0.2) is 52.0 Å². The van der Waals surface area contributed by atoms with Crippen molar-refractivity contribution in [2.75, 3.05) is 56.0 Å². The average molecular weight is 338 g/mol. The van der Waals surface area contributed by atoms with Gasteiger partial charge in [-0.2, -0.15) is 0 Å². The molecule has 0 bridgehead atoms. The Balaban J connectivity index is 1.46. The second kappa shape index (κ2) is 7.25. The number of nitrogens with zero attached hydrogens (tertiary/aromatic N) is 2. The SMILES string of the molecule is O=C(c1ccc(N2CCOCC2)cc1)c1ccc(N2CCOC2)cc1. The van der Waals surface area contributed by atoms with Crippen LogP contribution in [0.5, 0.6) is 0 Å². The first-order chi connectivity index (χ1) is 12.3. The highest BCUT2D eigenvalue weighted by Crippen LogP contribution is 2.21. The van der Waals surface area contributed by atoms with Crippen LogP contribution in [0.15, 0.2) is 48.5 Å². The summed E-state index contributed by atoms with van der Waals surface area (Å²) in [6.45, 7) is 5.59. The molecule has 0 saturated carbocycles. The van der Waals surface area contributed by atoms with Gasteiger partial charge in [-0.3, -0.25) is 4.79 Å². The van der Waals surface area contributed by atoms with Gasteiger partial charge in [0.15, 0.2) is 5.78 Å². The fourth-order valence-electron chi connectivity index (χ4n) is 3.25. The van der Waals surface area contributed by atoms with Crippen molar-refractivity contribution in [1.29, 1.82) is 0 Å². The standard InChI is InChI=1S/C20H22N2O3/c23-20(17-3-7-19(8-4-17)22-11-14-25-15-22)16-1-5-18(6-2-16)21-9-12-24-13-10-21/h1-8H,9-15H2. The Morgan fingerprint density at radius 1 is 0.680 bits per heavy atom. The summed E-state index contributed by atoms with van der Waals surface area (Å²) in [6, 6.07) is 15.6. The fraction of sp³-hybridized carbons (Fsp3) is 0.350. The Kier molecular flexibility index (Phi) is 4.68. The van der Waals surface area contributed by atoms with E-state index in [-0.39, 0.29) is 5.78 Å². The monoisotopic (exact) mass is 338 g/mol. The zero-order valence-corrected chi connectivity index (χ0v) is 14.2. The summed E-state index contributed by atoms with van der Waals surface area (Å²) in [5.41, 5.74) is 3.66. The number of morpholine rings is 1. The van der Waals surface area contributed by atoms with Gasteiger partial charge in [-0.1, -0.05) is 0 Å². The van der Waals surface area contributed by atoms with E-state index in [0.717, 1.165) is 50.8 Å². The van der Waals surface area contributed by atoms with E-state index < -0.39 is 0 Å². The quantitative estimate of drug-likeness (QED) is 0.802. The van der Waals surface area contributed by atoms with Gasteiger partial charge < -0.3 is 19.3 Å². The van der Waals surface area contributed by atoms with Gasteiger partial charge in [-0.25, -0.2) is 0 Å². The number of carbonyl (C=O) groups excluding carboxylic acids is 1. The van der Waals surface area contributed by atoms with E-state index in [0.29, 0.717) is 17.9 Å². The van der Waals surface area contributed by atoms with Crippen molar-refractivity contribution in [3.8, 4) is 0 Å². The molecule has 0 radical (unpaired) electrons. The van der Waals surface area contributed by atoms with Crippen molar-refractivity contribution in [2.45, 2.75) is 0 Å². The van der Waals surface area contributed by atoms with Crippen molar-refractivity contribution in [3.05, 3.63) is 59.7 Å². The molecule has 2 aliphatic heterocycles. The van der Waals surface area contributed by atoms with Gasteiger partial charge in [0.05, 0.1) is 19.8 Å². The van der Waals surface area contributed by atoms with Crippen LogP contribution >= 0.6 is 0 Å². The molecular weight excluding hydrogens is 316 g/mol. The summed E-state index contributed by atoms with van der Waals surface area (Å²) in [6.07, 6.45) is 0. The highest BCUT2D eigenvalue weighted by Gasteiger charge is 2.15. The minimum atomic E-state index is 0.0535. The highest BCUT2D eigenvalue weighted by atomic mass is 16.5. The zero-order valence-electron chi connectivity index (χ0n) is 14.2. The van der Waals surface area contributed by atoms with E-state index in [1.54, 1.807) is 0 Å². The van der Waals surface area contributed by atoms with Crippen molar-refractivity contribution >= 4 is 17.2 Å². The molecule has 2 aromatic rings. The first kappa shape index (κ1) is 16.1. The molecule has 5 heteroatoms. The Morgan fingerprint density at radius 3 is 1.68 bits per heavy atom. The Labute approximate surface area is 147 Å². The number of carbonyl (C=O) groups is 1. The third-order valence-electron chi connectivity index (χ3n) is 4.75. The average Bonchev–Trinajstić information content (AvgIpc) is 3.23. The topological polar surface area (TPSA) is 42.0 Å². The summed E-state index contributed by atoms with van der Waals surface area (Å²) in [5.74, 6) is 0.0535. The lowest BCUT2D eigenvalue weighted by molar-refractivity contribution is 0.103. The summed E-state index contributed by atoms with van der Waals surface area (Å²) in [7, 11) is 0. The van der Waals surface area contributed by atoms with Gasteiger partial charge in [-0.05, 0) is 48.5 Å². The van der Waals surface area contributed by atoms with Crippen LogP contribution in [0, 0.1) is 0 Å². The lowest BCUT2D eigenvalue weighted by Gasteiger charge is -2.28. The van der Waals surface area contributed by atoms with Gasteiger partial charge in [0, 0.05) is 42.1 Å². The van der Waals surface area contributed by atoms with E-state index in [1.807, 2.05) is 48.5 Å². The molecule has 2 aliphatic rings. The molecule has 0 aromatic heterocycles. The minimum Gasteiger partial charge on any atom is -0.378 e. The maximum absolute atomic E-state index is 12.7. The van der Waals surface area contributed by atoms with E-state index in [9.17, 15) is 4.79 Å². The number of hydrogen-bond donors (Lipinski definition) is 0. The molecule has 4 rings (SSSR count).